The Morgan fingerprint density at radius 1 is 0.733 bits per heavy atom. The minimum atomic E-state index is -1.08. The minimum Gasteiger partial charge on any atom is -1.00 e. The summed E-state index contributed by atoms with van der Waals surface area (Å²) in [4.78, 5) is 17.8. The van der Waals surface area contributed by atoms with Crippen LogP contribution in [0.15, 0.2) is 0 Å². The van der Waals surface area contributed by atoms with Crippen LogP contribution in [-0.2, 0) is 68.0 Å². The van der Waals surface area contributed by atoms with Gasteiger partial charge in [0.2, 0.25) is 0 Å². The van der Waals surface area contributed by atoms with E-state index < -0.39 is 11.9 Å². The molecule has 15 heavy (non-hydrogen) atoms. The van der Waals surface area contributed by atoms with Crippen LogP contribution in [0.2, 0.25) is 0 Å². The Kier molecular flexibility index (Phi) is 245. The zero-order valence-electron chi connectivity index (χ0n) is 8.27. The fraction of sp³-hybridized carbons (Fsp3) is 0.500. The molecule has 0 saturated heterocycles. The zero-order valence-corrected chi connectivity index (χ0v) is 21.9. The summed E-state index contributed by atoms with van der Waals surface area (Å²) in [6, 6.07) is 0. The maximum atomic E-state index is 8.89. The molecule has 0 aromatic carbocycles. The Balaban J connectivity index is -0.00000000468. The number of aliphatic carboxylic acids is 2. The van der Waals surface area contributed by atoms with Crippen molar-refractivity contribution in [1.82, 2.24) is 0 Å². The fourth-order valence-corrected chi connectivity index (χ4v) is 0. The molecule has 0 heterocycles. The van der Waals surface area contributed by atoms with Crippen molar-refractivity contribution in [2.75, 3.05) is 0 Å². The van der Waals surface area contributed by atoms with Crippen molar-refractivity contribution in [1.29, 1.82) is 0 Å². The SMILES string of the molecule is CC(=O)[O-].CC(=O)[O-].[Br-].[Br-].[Cl-].[Cl-].[Zn+2].[Zn+2].[Zn+2]. The summed E-state index contributed by atoms with van der Waals surface area (Å²) in [6.45, 7) is 1.94. The fourth-order valence-electron chi connectivity index (χ4n) is 0. The number of rotatable bonds is 0. The van der Waals surface area contributed by atoms with Gasteiger partial charge in [-0.15, -0.1) is 0 Å². The first-order valence-electron chi connectivity index (χ1n) is 1.82. The largest absolute Gasteiger partial charge is 2.00 e. The number of carboxylic acids is 2. The van der Waals surface area contributed by atoms with Gasteiger partial charge in [-0.1, -0.05) is 0 Å². The van der Waals surface area contributed by atoms with Gasteiger partial charge in [0.15, 0.2) is 0 Å². The van der Waals surface area contributed by atoms with Crippen molar-refractivity contribution in [2.24, 2.45) is 0 Å². The van der Waals surface area contributed by atoms with E-state index in [1.807, 2.05) is 0 Å². The average molecular weight is 545 g/mol. The summed E-state index contributed by atoms with van der Waals surface area (Å²) in [5.74, 6) is -2.17. The monoisotopic (exact) mass is 538 g/mol. The van der Waals surface area contributed by atoms with Crippen LogP contribution < -0.4 is 69.0 Å². The Morgan fingerprint density at radius 2 is 0.733 bits per heavy atom. The van der Waals surface area contributed by atoms with Crippen molar-refractivity contribution >= 4 is 11.9 Å². The van der Waals surface area contributed by atoms with Crippen LogP contribution >= 0.6 is 0 Å². The Labute approximate surface area is 161 Å². The average Bonchev–Trinajstić information content (AvgIpc) is 1.25. The van der Waals surface area contributed by atoms with Gasteiger partial charge >= 0.3 is 58.4 Å². The second kappa shape index (κ2) is 55.3. The van der Waals surface area contributed by atoms with E-state index in [-0.39, 0.29) is 117 Å². The van der Waals surface area contributed by atoms with Crippen LogP contribution in [0.1, 0.15) is 13.8 Å². The molecular formula is C4H6Br2Cl2O4Zn3. The van der Waals surface area contributed by atoms with Gasteiger partial charge in [-0.2, -0.15) is 0 Å². The molecule has 0 atom stereocenters. The molecule has 0 amide bonds. The molecule has 0 bridgehead atoms. The Hall–Kier alpha value is 2.35. The molecule has 80 valence electrons. The predicted molar refractivity (Wildman–Crippen MR) is 21.4 cm³/mol. The molecule has 0 spiro atoms. The van der Waals surface area contributed by atoms with E-state index in [0.717, 1.165) is 13.8 Å². The standard InChI is InChI=1S/2C2H4O2.2BrH.2ClH.3Zn/c2*1-2(3)4;;;;;;;/h2*1H3,(H,3,4);4*1H;;;/q;;;;;;3*+2/p-6. The predicted octanol–water partition coefficient (Wildman–Crippen LogP) is -14.5. The summed E-state index contributed by atoms with van der Waals surface area (Å²) in [7, 11) is 0. The third-order valence-corrected chi connectivity index (χ3v) is 0. The number of hydrogen-bond donors (Lipinski definition) is 0. The third-order valence-electron chi connectivity index (χ3n) is 0. The molecule has 0 aromatic rings. The third kappa shape index (κ3) is 610. The van der Waals surface area contributed by atoms with E-state index >= 15 is 0 Å². The molecule has 4 nitrogen and oxygen atoms in total. The first kappa shape index (κ1) is 66.5. The molecule has 0 fully saturated rings. The summed E-state index contributed by atoms with van der Waals surface area (Å²) in [5, 5.41) is 17.8. The van der Waals surface area contributed by atoms with Crippen LogP contribution in [-0.4, -0.2) is 11.9 Å². The Bertz CT molecular complexity index is 91.9. The molecule has 0 aliphatic carbocycles. The number of carbonyl (C=O) groups is 2. The van der Waals surface area contributed by atoms with Gasteiger partial charge in [0, 0.05) is 11.9 Å². The molecule has 0 aliphatic heterocycles. The molecule has 0 saturated carbocycles. The molecule has 0 N–H and O–H groups in total. The quantitative estimate of drug-likeness (QED) is 0.284. The van der Waals surface area contributed by atoms with Gasteiger partial charge in [-0.05, 0) is 13.8 Å². The molecule has 0 aliphatic rings. The van der Waals surface area contributed by atoms with Gasteiger partial charge in [0.1, 0.15) is 0 Å². The van der Waals surface area contributed by atoms with Gasteiger partial charge in [0.05, 0.1) is 0 Å². The van der Waals surface area contributed by atoms with Crippen molar-refractivity contribution in [3.8, 4) is 0 Å². The van der Waals surface area contributed by atoms with Gasteiger partial charge in [-0.3, -0.25) is 0 Å². The van der Waals surface area contributed by atoms with Crippen LogP contribution in [0.25, 0.3) is 0 Å². The topological polar surface area (TPSA) is 80.3 Å². The number of halogens is 4. The molecule has 0 unspecified atom stereocenters. The van der Waals surface area contributed by atoms with Gasteiger partial charge in [-0.25, -0.2) is 0 Å². The summed E-state index contributed by atoms with van der Waals surface area (Å²) < 4.78 is 0. The number of hydrogen-bond acceptors (Lipinski definition) is 4. The second-order valence-corrected chi connectivity index (χ2v) is 0.983. The first-order valence-corrected chi connectivity index (χ1v) is 1.82. The maximum absolute atomic E-state index is 8.89. The van der Waals surface area contributed by atoms with E-state index in [1.54, 1.807) is 0 Å². The van der Waals surface area contributed by atoms with Crippen molar-refractivity contribution < 1.29 is 137 Å². The molecule has 0 rings (SSSR count). The maximum Gasteiger partial charge on any atom is 2.00 e. The normalized spacial score (nSPS) is 3.33. The first-order chi connectivity index (χ1) is 3.46. The van der Waals surface area contributed by atoms with Crippen molar-refractivity contribution in [2.45, 2.75) is 13.8 Å². The summed E-state index contributed by atoms with van der Waals surface area (Å²) in [6.07, 6.45) is 0. The Morgan fingerprint density at radius 3 is 0.733 bits per heavy atom. The number of carboxylic acid groups (broad SMARTS) is 2. The van der Waals surface area contributed by atoms with Gasteiger partial charge in [0.25, 0.3) is 0 Å². The van der Waals surface area contributed by atoms with Gasteiger partial charge < -0.3 is 78.6 Å². The number of carbonyl (C=O) groups excluding carboxylic acids is 2. The van der Waals surface area contributed by atoms with E-state index in [4.69, 9.17) is 19.8 Å². The molecule has 0 radical (unpaired) electrons. The molecule has 0 aromatic heterocycles. The van der Waals surface area contributed by atoms with E-state index in [1.165, 1.54) is 0 Å². The van der Waals surface area contributed by atoms with E-state index in [0.29, 0.717) is 0 Å². The van der Waals surface area contributed by atoms with Crippen molar-refractivity contribution in [3.63, 3.8) is 0 Å². The van der Waals surface area contributed by atoms with Crippen LogP contribution in [0.5, 0.6) is 0 Å². The van der Waals surface area contributed by atoms with Crippen molar-refractivity contribution in [3.05, 3.63) is 0 Å². The summed E-state index contributed by atoms with van der Waals surface area (Å²) in [5.41, 5.74) is 0. The van der Waals surface area contributed by atoms with Crippen LogP contribution in [0, 0.1) is 0 Å². The molecular weight excluding hydrogens is 539 g/mol. The molecule has 11 heteroatoms. The zero-order chi connectivity index (χ0) is 7.15. The van der Waals surface area contributed by atoms with Crippen LogP contribution in [0.4, 0.5) is 0 Å². The van der Waals surface area contributed by atoms with Crippen LogP contribution in [0.3, 0.4) is 0 Å². The second-order valence-electron chi connectivity index (χ2n) is 0.983. The van der Waals surface area contributed by atoms with E-state index in [9.17, 15) is 0 Å². The minimum absolute atomic E-state index is 0. The summed E-state index contributed by atoms with van der Waals surface area (Å²) >= 11 is 0. The smallest absolute Gasteiger partial charge is 1.00 e. The van der Waals surface area contributed by atoms with E-state index in [2.05, 4.69) is 0 Å².